The lowest BCUT2D eigenvalue weighted by Gasteiger charge is -2.22. The second-order valence-electron chi connectivity index (χ2n) is 6.22. The Balaban J connectivity index is 2.18. The first-order chi connectivity index (χ1) is 10.7. The molecule has 1 fully saturated rings. The molecule has 1 heterocycles. The van der Waals surface area contributed by atoms with Gasteiger partial charge < -0.3 is 15.3 Å². The maximum Gasteiger partial charge on any atom is 0.325 e. The summed E-state index contributed by atoms with van der Waals surface area (Å²) in [5.74, 6) is -2.12. The first kappa shape index (κ1) is 17.0. The zero-order valence-corrected chi connectivity index (χ0v) is 13.8. The summed E-state index contributed by atoms with van der Waals surface area (Å²) in [5.41, 5.74) is 3.97. The summed E-state index contributed by atoms with van der Waals surface area (Å²) in [7, 11) is 0. The van der Waals surface area contributed by atoms with Crippen molar-refractivity contribution in [1.29, 1.82) is 0 Å². The van der Waals surface area contributed by atoms with Gasteiger partial charge in [-0.25, -0.2) is 0 Å². The van der Waals surface area contributed by atoms with Crippen LogP contribution in [0, 0.1) is 26.7 Å². The Kier molecular flexibility index (Phi) is 4.73. The number of aliphatic carboxylic acids is 1. The van der Waals surface area contributed by atoms with Gasteiger partial charge in [-0.1, -0.05) is 17.7 Å². The van der Waals surface area contributed by atoms with E-state index >= 15 is 0 Å². The van der Waals surface area contributed by atoms with Crippen LogP contribution in [0.1, 0.15) is 30.0 Å². The number of carboxylic acid groups (broad SMARTS) is 1. The van der Waals surface area contributed by atoms with Crippen LogP contribution in [-0.2, 0) is 14.4 Å². The fraction of sp³-hybridized carbons (Fsp3) is 0.471. The minimum Gasteiger partial charge on any atom is -0.480 e. The lowest BCUT2D eigenvalue weighted by atomic mass is 10.0. The molecule has 1 aromatic carbocycles. The summed E-state index contributed by atoms with van der Waals surface area (Å²) in [5, 5.41) is 11.3. The van der Waals surface area contributed by atoms with E-state index in [9.17, 15) is 14.4 Å². The summed E-state index contributed by atoms with van der Waals surface area (Å²) < 4.78 is 0. The largest absolute Gasteiger partial charge is 0.480 e. The Morgan fingerprint density at radius 2 is 1.83 bits per heavy atom. The molecule has 2 N–H and O–H groups in total. The number of aryl methyl sites for hydroxylation is 3. The minimum atomic E-state index is -1.09. The molecule has 6 nitrogen and oxygen atoms in total. The molecule has 0 aromatic heterocycles. The SMILES string of the molecule is Cc1cc(C)c(N2CC(C(=O)NC(C)C(=O)O)CC2=O)c(C)c1. The number of hydrogen-bond acceptors (Lipinski definition) is 3. The van der Waals surface area contributed by atoms with Gasteiger partial charge >= 0.3 is 5.97 Å². The second kappa shape index (κ2) is 6.40. The second-order valence-corrected chi connectivity index (χ2v) is 6.22. The molecule has 2 unspecified atom stereocenters. The van der Waals surface area contributed by atoms with Gasteiger partial charge in [-0.2, -0.15) is 0 Å². The number of carbonyl (C=O) groups is 3. The number of hydrogen-bond donors (Lipinski definition) is 2. The van der Waals surface area contributed by atoms with Crippen LogP contribution in [0.25, 0.3) is 0 Å². The van der Waals surface area contributed by atoms with E-state index in [0.29, 0.717) is 0 Å². The predicted octanol–water partition coefficient (Wildman–Crippen LogP) is 1.55. The van der Waals surface area contributed by atoms with Gasteiger partial charge in [0, 0.05) is 18.7 Å². The van der Waals surface area contributed by atoms with Gasteiger partial charge in [0.1, 0.15) is 6.04 Å². The fourth-order valence-electron chi connectivity index (χ4n) is 3.09. The Labute approximate surface area is 135 Å². The first-order valence-corrected chi connectivity index (χ1v) is 7.62. The van der Waals surface area contributed by atoms with Crippen LogP contribution in [0.5, 0.6) is 0 Å². The molecule has 1 aliphatic heterocycles. The van der Waals surface area contributed by atoms with Gasteiger partial charge in [0.15, 0.2) is 0 Å². The predicted molar refractivity (Wildman–Crippen MR) is 86.4 cm³/mol. The lowest BCUT2D eigenvalue weighted by Crippen LogP contribution is -2.42. The third-order valence-corrected chi connectivity index (χ3v) is 4.13. The van der Waals surface area contributed by atoms with Crippen LogP contribution in [0.15, 0.2) is 12.1 Å². The molecule has 1 aliphatic rings. The topological polar surface area (TPSA) is 86.7 Å². The van der Waals surface area contributed by atoms with Crippen molar-refractivity contribution in [3.63, 3.8) is 0 Å². The molecule has 6 heteroatoms. The molecule has 0 aliphatic carbocycles. The standard InChI is InChI=1S/C17H22N2O4/c1-9-5-10(2)15(11(3)6-9)19-8-13(7-14(19)20)16(21)18-12(4)17(22)23/h5-6,12-13H,7-8H2,1-4H3,(H,18,21)(H,22,23). The van der Waals surface area contributed by atoms with Crippen LogP contribution in [-0.4, -0.2) is 35.5 Å². The van der Waals surface area contributed by atoms with Crippen LogP contribution in [0.4, 0.5) is 5.69 Å². The molecule has 23 heavy (non-hydrogen) atoms. The van der Waals surface area contributed by atoms with Crippen molar-refractivity contribution in [3.05, 3.63) is 28.8 Å². The molecular weight excluding hydrogens is 296 g/mol. The molecule has 1 saturated heterocycles. The maximum atomic E-state index is 12.3. The smallest absolute Gasteiger partial charge is 0.325 e. The number of benzene rings is 1. The number of amides is 2. The first-order valence-electron chi connectivity index (χ1n) is 7.62. The highest BCUT2D eigenvalue weighted by Gasteiger charge is 2.37. The summed E-state index contributed by atoms with van der Waals surface area (Å²) in [6, 6.07) is 3.06. The summed E-state index contributed by atoms with van der Waals surface area (Å²) in [6.45, 7) is 7.58. The van der Waals surface area contributed by atoms with Crippen molar-refractivity contribution in [2.75, 3.05) is 11.4 Å². The van der Waals surface area contributed by atoms with E-state index in [2.05, 4.69) is 5.32 Å². The van der Waals surface area contributed by atoms with Crippen LogP contribution in [0.3, 0.4) is 0 Å². The summed E-state index contributed by atoms with van der Waals surface area (Å²) >= 11 is 0. The van der Waals surface area contributed by atoms with Crippen LogP contribution < -0.4 is 10.2 Å². The number of carbonyl (C=O) groups excluding carboxylic acids is 2. The summed E-state index contributed by atoms with van der Waals surface area (Å²) in [4.78, 5) is 36.9. The number of anilines is 1. The average Bonchev–Trinajstić information content (AvgIpc) is 2.79. The van der Waals surface area contributed by atoms with Crippen molar-refractivity contribution < 1.29 is 19.5 Å². The quantitative estimate of drug-likeness (QED) is 0.882. The van der Waals surface area contributed by atoms with E-state index in [1.165, 1.54) is 6.92 Å². The molecule has 0 bridgehead atoms. The van der Waals surface area contributed by atoms with Crippen molar-refractivity contribution in [2.24, 2.45) is 5.92 Å². The summed E-state index contributed by atoms with van der Waals surface area (Å²) in [6.07, 6.45) is 0.102. The highest BCUT2D eigenvalue weighted by Crippen LogP contribution is 2.31. The normalized spacial score (nSPS) is 18.9. The molecule has 0 radical (unpaired) electrons. The van der Waals surface area contributed by atoms with Crippen molar-refractivity contribution in [1.82, 2.24) is 5.32 Å². The monoisotopic (exact) mass is 318 g/mol. The van der Waals surface area contributed by atoms with Crippen molar-refractivity contribution in [2.45, 2.75) is 40.2 Å². The Morgan fingerprint density at radius 3 is 2.35 bits per heavy atom. The van der Waals surface area contributed by atoms with Gasteiger partial charge in [-0.3, -0.25) is 14.4 Å². The highest BCUT2D eigenvalue weighted by molar-refractivity contribution is 6.01. The Hall–Kier alpha value is -2.37. The zero-order valence-electron chi connectivity index (χ0n) is 13.8. The van der Waals surface area contributed by atoms with Crippen molar-refractivity contribution >= 4 is 23.5 Å². The van der Waals surface area contributed by atoms with E-state index in [1.54, 1.807) is 4.90 Å². The lowest BCUT2D eigenvalue weighted by molar-refractivity contribution is -0.141. The highest BCUT2D eigenvalue weighted by atomic mass is 16.4. The molecule has 0 spiro atoms. The Morgan fingerprint density at radius 1 is 1.26 bits per heavy atom. The molecule has 2 atom stereocenters. The fourth-order valence-corrected chi connectivity index (χ4v) is 3.09. The molecule has 2 amide bonds. The number of nitrogens with zero attached hydrogens (tertiary/aromatic N) is 1. The van der Waals surface area contributed by atoms with Gasteiger partial charge in [0.2, 0.25) is 11.8 Å². The molecule has 1 aromatic rings. The third-order valence-electron chi connectivity index (χ3n) is 4.13. The Bertz CT molecular complexity index is 646. The number of rotatable bonds is 4. The van der Waals surface area contributed by atoms with E-state index in [0.717, 1.165) is 22.4 Å². The van der Waals surface area contributed by atoms with Gasteiger partial charge in [0.25, 0.3) is 0 Å². The van der Waals surface area contributed by atoms with Gasteiger partial charge in [-0.15, -0.1) is 0 Å². The van der Waals surface area contributed by atoms with Crippen LogP contribution >= 0.6 is 0 Å². The minimum absolute atomic E-state index is 0.102. The number of nitrogens with one attached hydrogen (secondary N) is 1. The van der Waals surface area contributed by atoms with E-state index in [1.807, 2.05) is 32.9 Å². The maximum absolute atomic E-state index is 12.3. The van der Waals surface area contributed by atoms with E-state index < -0.39 is 23.8 Å². The molecular formula is C17H22N2O4. The van der Waals surface area contributed by atoms with Crippen LogP contribution in [0.2, 0.25) is 0 Å². The van der Waals surface area contributed by atoms with Crippen molar-refractivity contribution in [3.8, 4) is 0 Å². The average molecular weight is 318 g/mol. The molecule has 124 valence electrons. The van der Waals surface area contributed by atoms with Gasteiger partial charge in [0.05, 0.1) is 5.92 Å². The van der Waals surface area contributed by atoms with E-state index in [4.69, 9.17) is 5.11 Å². The molecule has 0 saturated carbocycles. The van der Waals surface area contributed by atoms with E-state index in [-0.39, 0.29) is 18.9 Å². The van der Waals surface area contributed by atoms with Gasteiger partial charge in [-0.05, 0) is 38.8 Å². The third kappa shape index (κ3) is 3.52. The number of carboxylic acids is 1. The zero-order chi connectivity index (χ0) is 17.3. The molecule has 2 rings (SSSR count).